The van der Waals surface area contributed by atoms with Gasteiger partial charge in [-0.3, -0.25) is 4.79 Å². The maximum Gasteiger partial charge on any atom is 0.236 e. The maximum atomic E-state index is 11.9. The van der Waals surface area contributed by atoms with Gasteiger partial charge in [-0.2, -0.15) is 0 Å². The molecule has 0 aromatic heterocycles. The third kappa shape index (κ3) is 4.55. The van der Waals surface area contributed by atoms with Gasteiger partial charge >= 0.3 is 0 Å². The van der Waals surface area contributed by atoms with Gasteiger partial charge in [0.1, 0.15) is 0 Å². The van der Waals surface area contributed by atoms with Crippen LogP contribution in [0.3, 0.4) is 0 Å². The molecule has 0 spiro atoms. The first-order valence-electron chi connectivity index (χ1n) is 7.75. The van der Waals surface area contributed by atoms with E-state index in [-0.39, 0.29) is 11.9 Å². The van der Waals surface area contributed by atoms with Gasteiger partial charge in [0.25, 0.3) is 0 Å². The Labute approximate surface area is 136 Å². The van der Waals surface area contributed by atoms with E-state index in [4.69, 9.17) is 0 Å². The summed E-state index contributed by atoms with van der Waals surface area (Å²) in [6.07, 6.45) is 2.20. The van der Waals surface area contributed by atoms with E-state index in [1.165, 1.54) is 10.0 Å². The van der Waals surface area contributed by atoms with E-state index in [9.17, 15) is 4.79 Å². The Balaban J connectivity index is 1.75. The third-order valence-electron chi connectivity index (χ3n) is 4.05. The zero-order valence-electron chi connectivity index (χ0n) is 13.0. The van der Waals surface area contributed by atoms with Gasteiger partial charge < -0.3 is 10.6 Å². The minimum absolute atomic E-state index is 0.105. The van der Waals surface area contributed by atoms with Crippen molar-refractivity contribution in [2.45, 2.75) is 51.6 Å². The van der Waals surface area contributed by atoms with E-state index in [2.05, 4.69) is 58.6 Å². The average Bonchev–Trinajstić information content (AvgIpc) is 2.40. The first-order chi connectivity index (χ1) is 9.97. The summed E-state index contributed by atoms with van der Waals surface area (Å²) < 4.78 is 1.19. The molecule has 1 aromatic carbocycles. The number of amides is 1. The van der Waals surface area contributed by atoms with E-state index in [0.29, 0.717) is 17.9 Å². The van der Waals surface area contributed by atoms with Gasteiger partial charge in [-0.25, -0.2) is 0 Å². The molecule has 0 bridgehead atoms. The van der Waals surface area contributed by atoms with Gasteiger partial charge in [-0.1, -0.05) is 48.0 Å². The topological polar surface area (TPSA) is 41.1 Å². The molecule has 3 nitrogen and oxygen atoms in total. The molecular formula is C17H25BrN2O. The molecule has 1 unspecified atom stereocenters. The summed E-state index contributed by atoms with van der Waals surface area (Å²) in [5.41, 5.74) is 1.38. The number of carbonyl (C=O) groups excluding carboxylic acids is 1. The molecule has 21 heavy (non-hydrogen) atoms. The molecule has 1 aliphatic carbocycles. The molecule has 2 rings (SSSR count). The zero-order chi connectivity index (χ0) is 15.4. The summed E-state index contributed by atoms with van der Waals surface area (Å²) in [4.78, 5) is 11.9. The molecule has 0 aliphatic heterocycles. The second-order valence-electron chi connectivity index (χ2n) is 6.41. The van der Waals surface area contributed by atoms with Crippen LogP contribution >= 0.6 is 15.9 Å². The van der Waals surface area contributed by atoms with Crippen molar-refractivity contribution in [3.05, 3.63) is 34.3 Å². The van der Waals surface area contributed by atoms with Gasteiger partial charge in [0, 0.05) is 17.1 Å². The number of halogens is 1. The molecule has 0 radical (unpaired) electrons. The van der Waals surface area contributed by atoms with Crippen molar-refractivity contribution in [3.63, 3.8) is 0 Å². The molecular weight excluding hydrogens is 328 g/mol. The van der Waals surface area contributed by atoms with Gasteiger partial charge in [0.2, 0.25) is 5.91 Å². The van der Waals surface area contributed by atoms with Gasteiger partial charge in [-0.05, 0) is 43.2 Å². The number of hydrogen-bond donors (Lipinski definition) is 2. The Morgan fingerprint density at radius 2 is 1.95 bits per heavy atom. The summed E-state index contributed by atoms with van der Waals surface area (Å²) in [6, 6.07) is 8.74. The largest absolute Gasteiger partial charge is 0.354 e. The summed E-state index contributed by atoms with van der Waals surface area (Å²) >= 11 is 3.62. The number of rotatable bonds is 6. The Morgan fingerprint density at radius 1 is 1.29 bits per heavy atom. The molecule has 0 saturated heterocycles. The molecule has 1 aliphatic rings. The van der Waals surface area contributed by atoms with Crippen LogP contribution in [-0.4, -0.2) is 24.5 Å². The summed E-state index contributed by atoms with van der Waals surface area (Å²) in [5, 5.41) is 6.41. The smallest absolute Gasteiger partial charge is 0.236 e. The molecule has 1 fully saturated rings. The van der Waals surface area contributed by atoms with Crippen LogP contribution in [0.1, 0.15) is 45.1 Å². The van der Waals surface area contributed by atoms with Gasteiger partial charge in [0.15, 0.2) is 0 Å². The highest BCUT2D eigenvalue weighted by atomic mass is 79.9. The van der Waals surface area contributed by atoms with Crippen molar-refractivity contribution in [2.24, 2.45) is 5.92 Å². The lowest BCUT2D eigenvalue weighted by Crippen LogP contribution is -2.51. The highest BCUT2D eigenvalue weighted by molar-refractivity contribution is 9.10. The van der Waals surface area contributed by atoms with Crippen LogP contribution in [0.2, 0.25) is 0 Å². The van der Waals surface area contributed by atoms with Crippen LogP contribution < -0.4 is 10.6 Å². The number of hydrogen-bond acceptors (Lipinski definition) is 2. The fourth-order valence-corrected chi connectivity index (χ4v) is 3.31. The second kappa shape index (κ2) is 7.41. The summed E-state index contributed by atoms with van der Waals surface area (Å²) in [6.45, 7) is 6.90. The average molecular weight is 353 g/mol. The number of nitrogens with one attached hydrogen (secondary N) is 2. The van der Waals surface area contributed by atoms with Crippen LogP contribution in [0.25, 0.3) is 0 Å². The fraction of sp³-hybridized carbons (Fsp3) is 0.588. The van der Waals surface area contributed by atoms with Crippen molar-refractivity contribution < 1.29 is 4.79 Å². The van der Waals surface area contributed by atoms with E-state index in [1.807, 2.05) is 13.0 Å². The monoisotopic (exact) mass is 352 g/mol. The lowest BCUT2D eigenvalue weighted by atomic mass is 9.75. The van der Waals surface area contributed by atoms with E-state index in [1.54, 1.807) is 0 Å². The normalized spacial score (nSPS) is 22.7. The highest BCUT2D eigenvalue weighted by Gasteiger charge is 2.32. The lowest BCUT2D eigenvalue weighted by Gasteiger charge is -2.38. The summed E-state index contributed by atoms with van der Waals surface area (Å²) in [5.74, 6) is 1.20. The molecule has 2 N–H and O–H groups in total. The molecule has 1 saturated carbocycles. The summed E-state index contributed by atoms with van der Waals surface area (Å²) in [7, 11) is 0. The first-order valence-corrected chi connectivity index (χ1v) is 8.55. The lowest BCUT2D eigenvalue weighted by molar-refractivity contribution is -0.123. The van der Waals surface area contributed by atoms with E-state index < -0.39 is 0 Å². The van der Waals surface area contributed by atoms with Crippen molar-refractivity contribution in [3.8, 4) is 0 Å². The standard InChI is InChI=1S/C17H25BrN2O/c1-11(2)10-19-17(21)12(3)20-14-8-13(9-14)15-6-4-5-7-16(15)18/h4-7,11-14,20H,8-10H2,1-3H3,(H,19,21). The first kappa shape index (κ1) is 16.5. The Kier molecular flexibility index (Phi) is 5.82. The van der Waals surface area contributed by atoms with Crippen LogP contribution in [0.15, 0.2) is 28.7 Å². The SMILES string of the molecule is CC(C)CNC(=O)C(C)NC1CC(c2ccccc2Br)C1. The predicted octanol–water partition coefficient (Wildman–Crippen LogP) is 3.45. The highest BCUT2D eigenvalue weighted by Crippen LogP contribution is 2.40. The molecule has 4 heteroatoms. The minimum atomic E-state index is -0.117. The van der Waals surface area contributed by atoms with Crippen LogP contribution in [0, 0.1) is 5.92 Å². The minimum Gasteiger partial charge on any atom is -0.354 e. The molecule has 1 atom stereocenters. The quantitative estimate of drug-likeness (QED) is 0.823. The second-order valence-corrected chi connectivity index (χ2v) is 7.27. The van der Waals surface area contributed by atoms with Crippen LogP contribution in [0.4, 0.5) is 0 Å². The van der Waals surface area contributed by atoms with Crippen LogP contribution in [-0.2, 0) is 4.79 Å². The molecule has 116 valence electrons. The predicted molar refractivity (Wildman–Crippen MR) is 90.4 cm³/mol. The maximum absolute atomic E-state index is 11.9. The molecule has 1 amide bonds. The Morgan fingerprint density at radius 3 is 2.57 bits per heavy atom. The van der Waals surface area contributed by atoms with Crippen molar-refractivity contribution in [1.82, 2.24) is 10.6 Å². The Hall–Kier alpha value is -0.870. The molecule has 0 heterocycles. The third-order valence-corrected chi connectivity index (χ3v) is 4.77. The van der Waals surface area contributed by atoms with Crippen LogP contribution in [0.5, 0.6) is 0 Å². The van der Waals surface area contributed by atoms with E-state index in [0.717, 1.165) is 19.4 Å². The zero-order valence-corrected chi connectivity index (χ0v) is 14.6. The Bertz CT molecular complexity index is 483. The van der Waals surface area contributed by atoms with Crippen molar-refractivity contribution in [1.29, 1.82) is 0 Å². The van der Waals surface area contributed by atoms with Gasteiger partial charge in [0.05, 0.1) is 6.04 Å². The van der Waals surface area contributed by atoms with E-state index >= 15 is 0 Å². The van der Waals surface area contributed by atoms with Crippen molar-refractivity contribution >= 4 is 21.8 Å². The van der Waals surface area contributed by atoms with Crippen molar-refractivity contribution in [2.75, 3.05) is 6.54 Å². The van der Waals surface area contributed by atoms with Gasteiger partial charge in [-0.15, -0.1) is 0 Å². The number of benzene rings is 1. The fourth-order valence-electron chi connectivity index (χ4n) is 2.70. The molecule has 1 aromatic rings. The number of carbonyl (C=O) groups is 1.